The van der Waals surface area contributed by atoms with Crippen LogP contribution >= 0.6 is 15.9 Å². The van der Waals surface area contributed by atoms with Gasteiger partial charge in [0.25, 0.3) is 5.91 Å². The molecule has 0 aliphatic heterocycles. The van der Waals surface area contributed by atoms with Gasteiger partial charge in [0.05, 0.1) is 5.56 Å². The minimum atomic E-state index is -0.284. The van der Waals surface area contributed by atoms with Gasteiger partial charge in [-0.15, -0.1) is 0 Å². The zero-order chi connectivity index (χ0) is 19.1. The van der Waals surface area contributed by atoms with E-state index in [2.05, 4.69) is 46.9 Å². The summed E-state index contributed by atoms with van der Waals surface area (Å²) in [6, 6.07) is 13.2. The van der Waals surface area contributed by atoms with Gasteiger partial charge in [-0.05, 0) is 63.2 Å². The number of rotatable bonds is 8. The molecule has 0 bridgehead atoms. The first-order chi connectivity index (χ1) is 12.4. The second-order valence-electron chi connectivity index (χ2n) is 6.06. The number of benzene rings is 2. The van der Waals surface area contributed by atoms with Crippen LogP contribution in [0.25, 0.3) is 0 Å². The number of carbonyl (C=O) groups is 2. The summed E-state index contributed by atoms with van der Waals surface area (Å²) in [7, 11) is 0. The number of ether oxygens (including phenoxy) is 1. The normalized spacial score (nSPS) is 10.5. The highest BCUT2D eigenvalue weighted by atomic mass is 79.9. The highest BCUT2D eigenvalue weighted by Gasteiger charge is 2.10. The van der Waals surface area contributed by atoms with Crippen LogP contribution in [0.5, 0.6) is 5.75 Å². The number of nitrogens with zero attached hydrogens (tertiary/aromatic N) is 1. The Morgan fingerprint density at radius 1 is 1.23 bits per heavy atom. The molecule has 0 spiro atoms. The maximum atomic E-state index is 12.1. The second kappa shape index (κ2) is 9.38. The average Bonchev–Trinajstić information content (AvgIpc) is 2.62. The second-order valence-corrected chi connectivity index (χ2v) is 6.98. The van der Waals surface area contributed by atoms with Crippen LogP contribution in [0.3, 0.4) is 0 Å². The number of aldehydes is 1. The lowest BCUT2D eigenvalue weighted by Gasteiger charge is -2.27. The molecule has 0 radical (unpaired) electrons. The Morgan fingerprint density at radius 2 is 1.92 bits per heavy atom. The van der Waals surface area contributed by atoms with Crippen molar-refractivity contribution in [2.45, 2.75) is 26.8 Å². The molecule has 0 aromatic heterocycles. The van der Waals surface area contributed by atoms with Crippen LogP contribution in [0.15, 0.2) is 46.9 Å². The minimum absolute atomic E-state index is 0.169. The van der Waals surface area contributed by atoms with E-state index in [1.807, 2.05) is 24.3 Å². The summed E-state index contributed by atoms with van der Waals surface area (Å²) in [5.41, 5.74) is 2.21. The SMILES string of the molecule is CCN(c1ccc(NC(=O)COc2ccc(Br)cc2C=O)cc1)C(C)C. The van der Waals surface area contributed by atoms with Crippen molar-refractivity contribution >= 4 is 39.5 Å². The molecule has 0 heterocycles. The van der Waals surface area contributed by atoms with E-state index < -0.39 is 0 Å². The zero-order valence-corrected chi connectivity index (χ0v) is 16.7. The number of amides is 1. The van der Waals surface area contributed by atoms with Crippen LogP contribution in [-0.4, -0.2) is 31.4 Å². The van der Waals surface area contributed by atoms with E-state index in [1.54, 1.807) is 18.2 Å². The van der Waals surface area contributed by atoms with Crippen LogP contribution in [0.1, 0.15) is 31.1 Å². The van der Waals surface area contributed by atoms with E-state index in [4.69, 9.17) is 4.74 Å². The summed E-state index contributed by atoms with van der Waals surface area (Å²) in [6.45, 7) is 7.15. The minimum Gasteiger partial charge on any atom is -0.483 e. The third-order valence-corrected chi connectivity index (χ3v) is 4.40. The fraction of sp³-hybridized carbons (Fsp3) is 0.300. The molecule has 0 saturated carbocycles. The molecule has 138 valence electrons. The van der Waals surface area contributed by atoms with Crippen molar-refractivity contribution in [2.24, 2.45) is 0 Å². The topological polar surface area (TPSA) is 58.6 Å². The number of halogens is 1. The smallest absolute Gasteiger partial charge is 0.262 e. The Hall–Kier alpha value is -2.34. The molecule has 2 rings (SSSR count). The first-order valence-electron chi connectivity index (χ1n) is 8.48. The third-order valence-electron chi connectivity index (χ3n) is 3.90. The Balaban J connectivity index is 1.95. The van der Waals surface area contributed by atoms with Crippen molar-refractivity contribution in [3.05, 3.63) is 52.5 Å². The van der Waals surface area contributed by atoms with Crippen molar-refractivity contribution < 1.29 is 14.3 Å². The quantitative estimate of drug-likeness (QED) is 0.640. The molecule has 0 unspecified atom stereocenters. The molecule has 1 N–H and O–H groups in total. The summed E-state index contributed by atoms with van der Waals surface area (Å²) >= 11 is 3.29. The maximum absolute atomic E-state index is 12.1. The average molecular weight is 419 g/mol. The summed E-state index contributed by atoms with van der Waals surface area (Å²) in [4.78, 5) is 25.4. The van der Waals surface area contributed by atoms with E-state index in [-0.39, 0.29) is 12.5 Å². The van der Waals surface area contributed by atoms with Gasteiger partial charge in [-0.25, -0.2) is 0 Å². The van der Waals surface area contributed by atoms with Crippen molar-refractivity contribution in [1.29, 1.82) is 0 Å². The Labute approximate surface area is 162 Å². The lowest BCUT2D eigenvalue weighted by Crippen LogP contribution is -2.30. The largest absolute Gasteiger partial charge is 0.483 e. The van der Waals surface area contributed by atoms with Gasteiger partial charge in [-0.1, -0.05) is 15.9 Å². The van der Waals surface area contributed by atoms with Gasteiger partial charge in [-0.3, -0.25) is 9.59 Å². The molecule has 5 nitrogen and oxygen atoms in total. The Kier molecular flexibility index (Phi) is 7.21. The number of anilines is 2. The van der Waals surface area contributed by atoms with Gasteiger partial charge in [0.1, 0.15) is 5.75 Å². The standard InChI is InChI=1S/C20H23BrN2O3/c1-4-23(14(2)3)18-8-6-17(7-9-18)22-20(25)13-26-19-10-5-16(21)11-15(19)12-24/h5-12,14H,4,13H2,1-3H3,(H,22,25). The van der Waals surface area contributed by atoms with Gasteiger partial charge in [0.15, 0.2) is 12.9 Å². The van der Waals surface area contributed by atoms with Gasteiger partial charge >= 0.3 is 0 Å². The van der Waals surface area contributed by atoms with Gasteiger partial charge in [0.2, 0.25) is 0 Å². The molecule has 1 amide bonds. The Morgan fingerprint density at radius 3 is 2.50 bits per heavy atom. The van der Waals surface area contributed by atoms with E-state index in [1.165, 1.54) is 0 Å². The van der Waals surface area contributed by atoms with Crippen molar-refractivity contribution in [1.82, 2.24) is 0 Å². The van der Waals surface area contributed by atoms with Gasteiger partial charge < -0.3 is 15.0 Å². The number of hydrogen-bond donors (Lipinski definition) is 1. The monoisotopic (exact) mass is 418 g/mol. The molecular formula is C20H23BrN2O3. The van der Waals surface area contributed by atoms with E-state index >= 15 is 0 Å². The molecule has 0 atom stereocenters. The first kappa shape index (κ1) is 20.0. The predicted octanol–water partition coefficient (Wildman–Crippen LogP) is 4.51. The van der Waals surface area contributed by atoms with Crippen LogP contribution in [-0.2, 0) is 4.79 Å². The number of hydrogen-bond acceptors (Lipinski definition) is 4. The van der Waals surface area contributed by atoms with Crippen LogP contribution in [0, 0.1) is 0 Å². The molecule has 2 aromatic rings. The molecule has 6 heteroatoms. The van der Waals surface area contributed by atoms with Gasteiger partial charge in [-0.2, -0.15) is 0 Å². The number of carbonyl (C=O) groups excluding carboxylic acids is 2. The molecule has 0 saturated heterocycles. The van der Waals surface area contributed by atoms with E-state index in [0.717, 1.165) is 16.7 Å². The highest BCUT2D eigenvalue weighted by Crippen LogP contribution is 2.22. The first-order valence-corrected chi connectivity index (χ1v) is 9.28. The van der Waals surface area contributed by atoms with Crippen molar-refractivity contribution in [3.63, 3.8) is 0 Å². The molecule has 0 aliphatic carbocycles. The Bertz CT molecular complexity index is 760. The lowest BCUT2D eigenvalue weighted by molar-refractivity contribution is -0.118. The van der Waals surface area contributed by atoms with E-state index in [9.17, 15) is 9.59 Å². The zero-order valence-electron chi connectivity index (χ0n) is 15.2. The molecular weight excluding hydrogens is 396 g/mol. The fourth-order valence-electron chi connectivity index (χ4n) is 2.67. The summed E-state index contributed by atoms with van der Waals surface area (Å²) in [5, 5.41) is 2.79. The molecule has 0 aliphatic rings. The maximum Gasteiger partial charge on any atom is 0.262 e. The van der Waals surface area contributed by atoms with Crippen molar-refractivity contribution in [3.8, 4) is 5.75 Å². The van der Waals surface area contributed by atoms with Crippen LogP contribution < -0.4 is 15.0 Å². The number of nitrogens with one attached hydrogen (secondary N) is 1. The molecule has 0 fully saturated rings. The lowest BCUT2D eigenvalue weighted by atomic mass is 10.2. The molecule has 26 heavy (non-hydrogen) atoms. The predicted molar refractivity (Wildman–Crippen MR) is 108 cm³/mol. The van der Waals surface area contributed by atoms with Crippen molar-refractivity contribution in [2.75, 3.05) is 23.4 Å². The summed E-state index contributed by atoms with van der Waals surface area (Å²) < 4.78 is 6.23. The van der Waals surface area contributed by atoms with E-state index in [0.29, 0.717) is 29.3 Å². The molecule has 2 aromatic carbocycles. The summed E-state index contributed by atoms with van der Waals surface area (Å²) in [5.74, 6) is 0.0953. The fourth-order valence-corrected chi connectivity index (χ4v) is 3.04. The highest BCUT2D eigenvalue weighted by molar-refractivity contribution is 9.10. The van der Waals surface area contributed by atoms with Crippen LogP contribution in [0.4, 0.5) is 11.4 Å². The van der Waals surface area contributed by atoms with Crippen LogP contribution in [0.2, 0.25) is 0 Å². The van der Waals surface area contributed by atoms with Gasteiger partial charge in [0, 0.05) is 28.4 Å². The third kappa shape index (κ3) is 5.33. The summed E-state index contributed by atoms with van der Waals surface area (Å²) in [6.07, 6.45) is 0.699.